The summed E-state index contributed by atoms with van der Waals surface area (Å²) in [6.45, 7) is 6.48. The Morgan fingerprint density at radius 1 is 1.23 bits per heavy atom. The molecule has 0 fully saturated rings. The standard InChI is InChI=1S/C18H17FN2O/c1-12(2)11-21-15-9-6-10-16(22-3)17(15)20-18(21)13-7-4-5-8-14(13)19/h4-10H,1,11H2,2-3H3. The second kappa shape index (κ2) is 5.64. The van der Waals surface area contributed by atoms with Crippen molar-refractivity contribution >= 4 is 11.0 Å². The highest BCUT2D eigenvalue weighted by atomic mass is 19.1. The normalized spacial score (nSPS) is 10.9. The number of imidazole rings is 1. The van der Waals surface area contributed by atoms with Gasteiger partial charge in [-0.3, -0.25) is 0 Å². The minimum atomic E-state index is -0.292. The van der Waals surface area contributed by atoms with Gasteiger partial charge in [0.1, 0.15) is 22.9 Å². The van der Waals surface area contributed by atoms with Gasteiger partial charge in [-0.05, 0) is 31.2 Å². The third-order valence-electron chi connectivity index (χ3n) is 3.50. The first-order chi connectivity index (χ1) is 10.6. The monoisotopic (exact) mass is 296 g/mol. The van der Waals surface area contributed by atoms with Crippen molar-refractivity contribution < 1.29 is 9.13 Å². The van der Waals surface area contributed by atoms with Crippen molar-refractivity contribution in [2.45, 2.75) is 13.5 Å². The molecule has 1 heterocycles. The van der Waals surface area contributed by atoms with Gasteiger partial charge in [0.25, 0.3) is 0 Å². The van der Waals surface area contributed by atoms with Crippen LogP contribution in [0.4, 0.5) is 4.39 Å². The SMILES string of the molecule is C=C(C)Cn1c(-c2ccccc2F)nc2c(OC)cccc21. The zero-order chi connectivity index (χ0) is 15.7. The molecule has 0 aliphatic heterocycles. The molecule has 0 unspecified atom stereocenters. The molecule has 0 saturated heterocycles. The maximum absolute atomic E-state index is 14.2. The number of hydrogen-bond acceptors (Lipinski definition) is 2. The zero-order valence-electron chi connectivity index (χ0n) is 12.6. The summed E-state index contributed by atoms with van der Waals surface area (Å²) in [5.41, 5.74) is 3.08. The topological polar surface area (TPSA) is 27.1 Å². The lowest BCUT2D eigenvalue weighted by Gasteiger charge is -2.09. The number of allylic oxidation sites excluding steroid dienone is 1. The second-order valence-corrected chi connectivity index (χ2v) is 5.29. The molecule has 2 aromatic carbocycles. The summed E-state index contributed by atoms with van der Waals surface area (Å²) in [6.07, 6.45) is 0. The average Bonchev–Trinajstić information content (AvgIpc) is 2.86. The molecule has 0 aliphatic carbocycles. The lowest BCUT2D eigenvalue weighted by Crippen LogP contribution is -2.02. The minimum absolute atomic E-state index is 0.292. The predicted molar refractivity (Wildman–Crippen MR) is 86.5 cm³/mol. The molecular formula is C18H17FN2O. The van der Waals surface area contributed by atoms with Crippen molar-refractivity contribution in [3.05, 3.63) is 60.4 Å². The molecule has 0 atom stereocenters. The number of aromatic nitrogens is 2. The van der Waals surface area contributed by atoms with Crippen molar-refractivity contribution in [1.29, 1.82) is 0 Å². The molecule has 3 rings (SSSR count). The molecule has 0 spiro atoms. The number of nitrogens with zero attached hydrogens (tertiary/aromatic N) is 2. The Labute approximate surface area is 128 Å². The summed E-state index contributed by atoms with van der Waals surface area (Å²) in [5.74, 6) is 0.968. The van der Waals surface area contributed by atoms with Crippen molar-refractivity contribution in [1.82, 2.24) is 9.55 Å². The van der Waals surface area contributed by atoms with Crippen molar-refractivity contribution in [2.75, 3.05) is 7.11 Å². The van der Waals surface area contributed by atoms with E-state index < -0.39 is 0 Å². The number of benzene rings is 2. The molecule has 0 N–H and O–H groups in total. The summed E-state index contributed by atoms with van der Waals surface area (Å²) in [5, 5.41) is 0. The highest BCUT2D eigenvalue weighted by Gasteiger charge is 2.17. The zero-order valence-corrected chi connectivity index (χ0v) is 12.6. The molecular weight excluding hydrogens is 279 g/mol. The Morgan fingerprint density at radius 2 is 2.00 bits per heavy atom. The van der Waals surface area contributed by atoms with Crippen LogP contribution in [-0.2, 0) is 6.54 Å². The Kier molecular flexibility index (Phi) is 3.67. The van der Waals surface area contributed by atoms with Gasteiger partial charge in [-0.25, -0.2) is 9.37 Å². The number of para-hydroxylation sites is 1. The largest absolute Gasteiger partial charge is 0.494 e. The van der Waals surface area contributed by atoms with Crippen LogP contribution in [0.15, 0.2) is 54.6 Å². The van der Waals surface area contributed by atoms with Crippen molar-refractivity contribution in [2.24, 2.45) is 0 Å². The first kappa shape index (κ1) is 14.3. The van der Waals surface area contributed by atoms with Gasteiger partial charge in [-0.15, -0.1) is 0 Å². The number of methoxy groups -OCH3 is 1. The number of rotatable bonds is 4. The molecule has 0 radical (unpaired) electrons. The summed E-state index contributed by atoms with van der Waals surface area (Å²) in [4.78, 5) is 4.62. The van der Waals surface area contributed by atoms with Gasteiger partial charge in [-0.1, -0.05) is 30.4 Å². The first-order valence-corrected chi connectivity index (χ1v) is 7.04. The van der Waals surface area contributed by atoms with Crippen LogP contribution in [0.1, 0.15) is 6.92 Å². The van der Waals surface area contributed by atoms with Crippen LogP contribution < -0.4 is 4.74 Å². The third-order valence-corrected chi connectivity index (χ3v) is 3.50. The van der Waals surface area contributed by atoms with E-state index in [1.165, 1.54) is 6.07 Å². The molecule has 22 heavy (non-hydrogen) atoms. The van der Waals surface area contributed by atoms with E-state index in [0.717, 1.165) is 16.6 Å². The van der Waals surface area contributed by atoms with Gasteiger partial charge >= 0.3 is 0 Å². The lowest BCUT2D eigenvalue weighted by atomic mass is 10.2. The smallest absolute Gasteiger partial charge is 0.146 e. The molecule has 0 aliphatic rings. The second-order valence-electron chi connectivity index (χ2n) is 5.29. The van der Waals surface area contributed by atoms with Crippen molar-refractivity contribution in [3.63, 3.8) is 0 Å². The van der Waals surface area contributed by atoms with Crippen molar-refractivity contribution in [3.8, 4) is 17.1 Å². The van der Waals surface area contributed by atoms with Gasteiger partial charge in [-0.2, -0.15) is 0 Å². The van der Waals surface area contributed by atoms with Crippen LogP contribution in [0.3, 0.4) is 0 Å². The van der Waals surface area contributed by atoms with E-state index in [2.05, 4.69) is 11.6 Å². The van der Waals surface area contributed by atoms with Gasteiger partial charge in [0, 0.05) is 6.54 Å². The Morgan fingerprint density at radius 3 is 2.68 bits per heavy atom. The average molecular weight is 296 g/mol. The summed E-state index contributed by atoms with van der Waals surface area (Å²) >= 11 is 0. The van der Waals surface area contributed by atoms with Crippen LogP contribution in [0.5, 0.6) is 5.75 Å². The highest BCUT2D eigenvalue weighted by Crippen LogP contribution is 2.31. The van der Waals surface area contributed by atoms with E-state index in [0.29, 0.717) is 23.7 Å². The fourth-order valence-corrected chi connectivity index (χ4v) is 2.56. The van der Waals surface area contributed by atoms with E-state index in [1.807, 2.05) is 29.7 Å². The Bertz CT molecular complexity index is 851. The van der Waals surface area contributed by atoms with Gasteiger partial charge in [0.2, 0.25) is 0 Å². The van der Waals surface area contributed by atoms with E-state index in [1.54, 1.807) is 25.3 Å². The molecule has 3 aromatic rings. The first-order valence-electron chi connectivity index (χ1n) is 7.04. The fourth-order valence-electron chi connectivity index (χ4n) is 2.56. The predicted octanol–water partition coefficient (Wildman–Crippen LogP) is 4.43. The number of hydrogen-bond donors (Lipinski definition) is 0. The maximum Gasteiger partial charge on any atom is 0.146 e. The van der Waals surface area contributed by atoms with Gasteiger partial charge in [0.05, 0.1) is 18.2 Å². The number of halogens is 1. The maximum atomic E-state index is 14.2. The van der Waals surface area contributed by atoms with Crippen LogP contribution in [0.2, 0.25) is 0 Å². The lowest BCUT2D eigenvalue weighted by molar-refractivity contribution is 0.419. The summed E-state index contributed by atoms with van der Waals surface area (Å²) < 4.78 is 21.5. The fraction of sp³-hybridized carbons (Fsp3) is 0.167. The molecule has 0 saturated carbocycles. The highest BCUT2D eigenvalue weighted by molar-refractivity contribution is 5.86. The molecule has 0 bridgehead atoms. The Hall–Kier alpha value is -2.62. The molecule has 112 valence electrons. The van der Waals surface area contributed by atoms with Gasteiger partial charge in [0.15, 0.2) is 0 Å². The van der Waals surface area contributed by atoms with Gasteiger partial charge < -0.3 is 9.30 Å². The quantitative estimate of drug-likeness (QED) is 0.666. The third kappa shape index (κ3) is 2.37. The summed E-state index contributed by atoms with van der Waals surface area (Å²) in [6, 6.07) is 12.4. The molecule has 1 aromatic heterocycles. The van der Waals surface area contributed by atoms with Crippen LogP contribution in [0, 0.1) is 5.82 Å². The van der Waals surface area contributed by atoms with E-state index in [9.17, 15) is 4.39 Å². The van der Waals surface area contributed by atoms with Crippen LogP contribution in [0.25, 0.3) is 22.4 Å². The van der Waals surface area contributed by atoms with Crippen LogP contribution in [-0.4, -0.2) is 16.7 Å². The van der Waals surface area contributed by atoms with Crippen LogP contribution >= 0.6 is 0 Å². The van der Waals surface area contributed by atoms with E-state index in [4.69, 9.17) is 4.74 Å². The Balaban J connectivity index is 2.33. The minimum Gasteiger partial charge on any atom is -0.494 e. The van der Waals surface area contributed by atoms with E-state index in [-0.39, 0.29) is 5.82 Å². The molecule has 3 nitrogen and oxygen atoms in total. The van der Waals surface area contributed by atoms with E-state index >= 15 is 0 Å². The number of ether oxygens (including phenoxy) is 1. The summed E-state index contributed by atoms with van der Waals surface area (Å²) in [7, 11) is 1.61. The molecule has 4 heteroatoms. The number of fused-ring (bicyclic) bond motifs is 1. The molecule has 0 amide bonds.